The molecule has 0 aromatic heterocycles. The summed E-state index contributed by atoms with van der Waals surface area (Å²) in [5, 5.41) is 0. The van der Waals surface area contributed by atoms with Crippen LogP contribution in [0.4, 0.5) is 0 Å². The maximum atomic E-state index is 12.3. The second-order valence-electron chi connectivity index (χ2n) is 7.64. The monoisotopic (exact) mass is 626 g/mol. The Morgan fingerprint density at radius 2 is 0.946 bits per heavy atom. The van der Waals surface area contributed by atoms with E-state index in [2.05, 4.69) is 18.1 Å². The molecule has 1 rings (SSSR count). The number of phosphoric acid groups is 4. The second-order valence-corrected chi connectivity index (χ2v) is 12.4. The van der Waals surface area contributed by atoms with E-state index in [1.165, 1.54) is 0 Å². The average molecular weight is 626 g/mol. The van der Waals surface area contributed by atoms with Crippen LogP contribution in [-0.2, 0) is 50.6 Å². The van der Waals surface area contributed by atoms with Crippen molar-refractivity contribution in [2.75, 3.05) is 6.61 Å². The van der Waals surface area contributed by atoms with Crippen LogP contribution in [-0.4, -0.2) is 88.3 Å². The normalized spacial score (nSPS) is 27.7. The molecule has 0 saturated heterocycles. The first kappa shape index (κ1) is 34.9. The fourth-order valence-corrected chi connectivity index (χ4v) is 5.57. The zero-order valence-electron chi connectivity index (χ0n) is 19.4. The number of unbranched alkanes of at least 4 members (excludes halogenated alkanes) is 1. The van der Waals surface area contributed by atoms with Crippen molar-refractivity contribution < 1.29 is 89.8 Å². The molecule has 0 bridgehead atoms. The average Bonchev–Trinajstić information content (AvgIpc) is 2.66. The van der Waals surface area contributed by atoms with E-state index in [9.17, 15) is 62.2 Å². The van der Waals surface area contributed by atoms with Crippen LogP contribution in [0.15, 0.2) is 0 Å². The van der Waals surface area contributed by atoms with Crippen LogP contribution in [0.3, 0.4) is 0 Å². The van der Waals surface area contributed by atoms with Crippen molar-refractivity contribution in [1.29, 1.82) is 0 Å². The minimum atomic E-state index is -5.73. The first-order chi connectivity index (χ1) is 16.7. The van der Waals surface area contributed by atoms with Crippen LogP contribution in [0, 0.1) is 0 Å². The van der Waals surface area contributed by atoms with Crippen LogP contribution >= 0.6 is 31.3 Å². The topological polar surface area (TPSA) is 303 Å². The van der Waals surface area contributed by atoms with Gasteiger partial charge in [-0.3, -0.25) is 22.9 Å². The van der Waals surface area contributed by atoms with E-state index in [1.807, 2.05) is 0 Å². The lowest BCUT2D eigenvalue weighted by Crippen LogP contribution is -2.67. The number of phosphoric ester groups is 4. The molecule has 1 saturated carbocycles. The van der Waals surface area contributed by atoms with E-state index in [0.717, 1.165) is 0 Å². The number of rotatable bonds is 15. The summed E-state index contributed by atoms with van der Waals surface area (Å²) in [6.45, 7) is 2.97. The first-order valence-corrected chi connectivity index (χ1v) is 16.6. The molecule has 0 radical (unpaired) electrons. The Labute approximate surface area is 210 Å². The van der Waals surface area contributed by atoms with Gasteiger partial charge >= 0.3 is 37.3 Å². The summed E-state index contributed by atoms with van der Waals surface area (Å²) >= 11 is 0. The van der Waals surface area contributed by atoms with Crippen LogP contribution in [0.5, 0.6) is 0 Å². The number of hydrogen-bond acceptors (Lipinski definition) is 11. The number of esters is 1. The van der Waals surface area contributed by atoms with Crippen molar-refractivity contribution in [3.05, 3.63) is 0 Å². The molecular weight excluding hydrogens is 596 g/mol. The lowest BCUT2D eigenvalue weighted by Gasteiger charge is -2.48. The van der Waals surface area contributed by atoms with Crippen molar-refractivity contribution >= 4 is 37.3 Å². The molecular formula is C14H30O19P4. The Bertz CT molecular complexity index is 933. The zero-order chi connectivity index (χ0) is 28.8. The Morgan fingerprint density at radius 1 is 0.595 bits per heavy atom. The van der Waals surface area contributed by atoms with Gasteiger partial charge in [-0.25, -0.2) is 18.3 Å². The highest BCUT2D eigenvalue weighted by Gasteiger charge is 2.61. The minimum Gasteiger partial charge on any atom is -0.457 e. The molecule has 0 spiro atoms. The molecule has 19 nitrogen and oxygen atoms in total. The molecule has 1 aliphatic rings. The third-order valence-corrected chi connectivity index (χ3v) is 6.58. The predicted molar refractivity (Wildman–Crippen MR) is 117 cm³/mol. The lowest BCUT2D eigenvalue weighted by molar-refractivity contribution is -0.232. The van der Waals surface area contributed by atoms with Crippen molar-refractivity contribution in [2.45, 2.75) is 76.2 Å². The second kappa shape index (κ2) is 14.0. The summed E-state index contributed by atoms with van der Waals surface area (Å²) in [7, 11) is -22.7. The number of carbonyl (C=O) groups excluding carboxylic acids is 1. The molecule has 37 heavy (non-hydrogen) atoms. The molecule has 1 fully saturated rings. The van der Waals surface area contributed by atoms with Gasteiger partial charge < -0.3 is 48.6 Å². The predicted octanol–water partition coefficient (Wildman–Crippen LogP) is -0.191. The number of hydrogen-bond donors (Lipinski definition) is 8. The molecule has 1 aliphatic carbocycles. The third kappa shape index (κ3) is 13.2. The Hall–Kier alpha value is -0.130. The number of ether oxygens (including phenoxy) is 2. The van der Waals surface area contributed by atoms with Gasteiger partial charge in [0, 0.05) is 13.0 Å². The highest BCUT2D eigenvalue weighted by molar-refractivity contribution is 7.47. The van der Waals surface area contributed by atoms with Crippen LogP contribution in [0.1, 0.15) is 39.5 Å². The van der Waals surface area contributed by atoms with Gasteiger partial charge in [-0.2, -0.15) is 0 Å². The van der Waals surface area contributed by atoms with Gasteiger partial charge in [0.25, 0.3) is 0 Å². The Kier molecular flexibility index (Phi) is 13.2. The van der Waals surface area contributed by atoms with Gasteiger partial charge in [-0.1, -0.05) is 20.3 Å². The third-order valence-electron chi connectivity index (χ3n) is 4.51. The van der Waals surface area contributed by atoms with Crippen LogP contribution < -0.4 is 0 Å². The van der Waals surface area contributed by atoms with Gasteiger partial charge in [0.2, 0.25) is 0 Å². The fraction of sp³-hybridized carbons (Fsp3) is 0.929. The van der Waals surface area contributed by atoms with Gasteiger partial charge in [0.1, 0.15) is 30.5 Å². The van der Waals surface area contributed by atoms with E-state index in [0.29, 0.717) is 6.42 Å². The minimum absolute atomic E-state index is 0.186. The van der Waals surface area contributed by atoms with Crippen LogP contribution in [0.25, 0.3) is 0 Å². The van der Waals surface area contributed by atoms with E-state index in [-0.39, 0.29) is 25.9 Å². The van der Waals surface area contributed by atoms with Crippen molar-refractivity contribution in [3.63, 3.8) is 0 Å². The molecule has 0 amide bonds. The first-order valence-electron chi connectivity index (χ1n) is 10.4. The highest BCUT2D eigenvalue weighted by Crippen LogP contribution is 2.53. The van der Waals surface area contributed by atoms with E-state index in [4.69, 9.17) is 9.47 Å². The summed E-state index contributed by atoms with van der Waals surface area (Å²) in [6.07, 6.45) is -13.7. The Morgan fingerprint density at radius 3 is 1.27 bits per heavy atom. The summed E-state index contributed by atoms with van der Waals surface area (Å²) in [5.41, 5.74) is 0. The van der Waals surface area contributed by atoms with Gasteiger partial charge in [-0.05, 0) is 12.8 Å². The molecule has 23 heteroatoms. The van der Waals surface area contributed by atoms with E-state index >= 15 is 0 Å². The van der Waals surface area contributed by atoms with Gasteiger partial charge in [-0.15, -0.1) is 0 Å². The SMILES string of the molecule is CCCCO[C@@H]1[C@H](OC(=O)CCC)[C@@H](OP(=O)(O)O)[C@H](OP(=O)(O)O)[C@@H](OP(=O)(O)O)[C@@H]1OP(=O)(O)O. The summed E-state index contributed by atoms with van der Waals surface area (Å²) in [5.74, 6) is -1.07. The molecule has 8 N–H and O–H groups in total. The van der Waals surface area contributed by atoms with E-state index in [1.54, 1.807) is 13.8 Å². The van der Waals surface area contributed by atoms with E-state index < -0.39 is 73.9 Å². The van der Waals surface area contributed by atoms with Gasteiger partial charge in [0.05, 0.1) is 0 Å². The van der Waals surface area contributed by atoms with Gasteiger partial charge in [0.15, 0.2) is 6.10 Å². The highest BCUT2D eigenvalue weighted by atomic mass is 31.2. The molecule has 0 aliphatic heterocycles. The summed E-state index contributed by atoms with van der Waals surface area (Å²) in [4.78, 5) is 87.5. The molecule has 0 aromatic rings. The largest absolute Gasteiger partial charge is 0.470 e. The number of carbonyl (C=O) groups is 1. The fourth-order valence-electron chi connectivity index (χ4n) is 3.34. The summed E-state index contributed by atoms with van der Waals surface area (Å²) in [6, 6.07) is 0. The molecule has 220 valence electrons. The zero-order valence-corrected chi connectivity index (χ0v) is 22.9. The molecule has 6 atom stereocenters. The smallest absolute Gasteiger partial charge is 0.457 e. The molecule has 0 unspecified atom stereocenters. The van der Waals surface area contributed by atoms with Crippen molar-refractivity contribution in [1.82, 2.24) is 0 Å². The maximum absolute atomic E-state index is 12.3. The quantitative estimate of drug-likeness (QED) is 0.0663. The molecule has 0 heterocycles. The standard InChI is InChI=1S/C14H30O19P4/c1-3-5-7-28-9-10(29-8(15)6-4-2)12(31-35(19,20)21)14(33-37(25,26)27)13(32-36(22,23)24)11(9)30-34(16,17)18/h9-14H,3-7H2,1-2H3,(H2,16,17,18)(H2,19,20,21)(H2,22,23,24)(H2,25,26,27)/t9-,10+,11-,12-,13+,14+/m1/s1. The summed E-state index contributed by atoms with van der Waals surface area (Å²) < 4.78 is 75.5. The van der Waals surface area contributed by atoms with Crippen molar-refractivity contribution in [3.8, 4) is 0 Å². The lowest BCUT2D eigenvalue weighted by atomic mass is 9.84. The molecule has 0 aromatic carbocycles. The maximum Gasteiger partial charge on any atom is 0.470 e. The van der Waals surface area contributed by atoms with Crippen molar-refractivity contribution in [2.24, 2.45) is 0 Å². The van der Waals surface area contributed by atoms with Crippen LogP contribution in [0.2, 0.25) is 0 Å². The Balaban J connectivity index is 3.88.